The lowest BCUT2D eigenvalue weighted by Gasteiger charge is -2.03. The third kappa shape index (κ3) is 2.12. The lowest BCUT2D eigenvalue weighted by Crippen LogP contribution is -1.93. The number of hydrogen-bond donors (Lipinski definition) is 0. The van der Waals surface area contributed by atoms with E-state index in [1.165, 1.54) is 0 Å². The predicted molar refractivity (Wildman–Crippen MR) is 81.6 cm³/mol. The third-order valence-corrected chi connectivity index (χ3v) is 4.08. The first-order valence-corrected chi connectivity index (χ1v) is 7.22. The second-order valence-electron chi connectivity index (χ2n) is 3.59. The molecule has 0 atom stereocenters. The first-order chi connectivity index (χ1) is 8.65. The molecule has 0 spiro atoms. The van der Waals surface area contributed by atoms with Crippen molar-refractivity contribution in [1.29, 1.82) is 0 Å². The van der Waals surface area contributed by atoms with E-state index in [2.05, 4.69) is 53.7 Å². The molecule has 18 heavy (non-hydrogen) atoms. The Hall–Kier alpha value is -0.730. The van der Waals surface area contributed by atoms with Crippen LogP contribution in [-0.2, 0) is 0 Å². The van der Waals surface area contributed by atoms with Gasteiger partial charge in [-0.1, -0.05) is 27.5 Å². The second kappa shape index (κ2) is 4.75. The van der Waals surface area contributed by atoms with Crippen molar-refractivity contribution in [2.75, 3.05) is 0 Å². The monoisotopic (exact) mass is 434 g/mol. The summed E-state index contributed by atoms with van der Waals surface area (Å²) >= 11 is 11.6. The smallest absolute Gasteiger partial charge is 0.170 e. The molecule has 4 nitrogen and oxygen atoms in total. The lowest BCUT2D eigenvalue weighted by atomic mass is 10.2. The van der Waals surface area contributed by atoms with Gasteiger partial charge in [0.2, 0.25) is 0 Å². The number of rotatable bonds is 1. The SMILES string of the molecule is Clc1cc2nnc(-c3cc(Br)ccc3I)n2cn1. The van der Waals surface area contributed by atoms with Crippen LogP contribution in [-0.4, -0.2) is 19.6 Å². The van der Waals surface area contributed by atoms with Gasteiger partial charge < -0.3 is 0 Å². The van der Waals surface area contributed by atoms with E-state index in [9.17, 15) is 0 Å². The zero-order chi connectivity index (χ0) is 12.7. The van der Waals surface area contributed by atoms with Gasteiger partial charge in [0.1, 0.15) is 11.5 Å². The average molecular weight is 435 g/mol. The van der Waals surface area contributed by atoms with Crippen LogP contribution in [0.25, 0.3) is 17.0 Å². The van der Waals surface area contributed by atoms with Crippen LogP contribution in [0, 0.1) is 3.57 Å². The van der Waals surface area contributed by atoms with Crippen molar-refractivity contribution in [2.24, 2.45) is 0 Å². The summed E-state index contributed by atoms with van der Waals surface area (Å²) in [5, 5.41) is 8.70. The number of halogens is 3. The fourth-order valence-electron chi connectivity index (χ4n) is 1.62. The van der Waals surface area contributed by atoms with Gasteiger partial charge in [0.15, 0.2) is 11.5 Å². The minimum atomic E-state index is 0.408. The van der Waals surface area contributed by atoms with E-state index in [4.69, 9.17) is 11.6 Å². The number of benzene rings is 1. The largest absolute Gasteiger partial charge is 0.265 e. The van der Waals surface area contributed by atoms with Gasteiger partial charge >= 0.3 is 0 Å². The standard InChI is InChI=1S/C11H5BrClIN4/c12-6-1-2-8(14)7(3-6)11-17-16-10-4-9(13)15-5-18(10)11/h1-5H. The molecule has 2 aromatic heterocycles. The van der Waals surface area contributed by atoms with Crippen LogP contribution < -0.4 is 0 Å². The van der Waals surface area contributed by atoms with Crippen LogP contribution in [0.1, 0.15) is 0 Å². The Bertz CT molecular complexity index is 743. The zero-order valence-electron chi connectivity index (χ0n) is 8.81. The molecule has 3 aromatic rings. The van der Waals surface area contributed by atoms with Crippen molar-refractivity contribution in [3.8, 4) is 11.4 Å². The van der Waals surface area contributed by atoms with Crippen LogP contribution in [0.2, 0.25) is 5.15 Å². The fraction of sp³-hybridized carbons (Fsp3) is 0. The quantitative estimate of drug-likeness (QED) is 0.431. The minimum Gasteiger partial charge on any atom is -0.265 e. The first kappa shape index (κ1) is 12.3. The molecule has 0 amide bonds. The zero-order valence-corrected chi connectivity index (χ0v) is 13.3. The number of aromatic nitrogens is 4. The Morgan fingerprint density at radius 2 is 2.06 bits per heavy atom. The van der Waals surface area contributed by atoms with Crippen molar-refractivity contribution >= 4 is 55.8 Å². The molecule has 0 radical (unpaired) electrons. The average Bonchev–Trinajstić information content (AvgIpc) is 2.75. The van der Waals surface area contributed by atoms with Crippen molar-refractivity contribution in [3.05, 3.63) is 43.8 Å². The molecule has 0 N–H and O–H groups in total. The molecule has 7 heteroatoms. The maximum absolute atomic E-state index is 5.83. The van der Waals surface area contributed by atoms with Crippen LogP contribution >= 0.6 is 50.1 Å². The van der Waals surface area contributed by atoms with Crippen molar-refractivity contribution in [2.45, 2.75) is 0 Å². The summed E-state index contributed by atoms with van der Waals surface area (Å²) in [4.78, 5) is 4.05. The second-order valence-corrected chi connectivity index (χ2v) is 6.05. The summed E-state index contributed by atoms with van der Waals surface area (Å²) in [7, 11) is 0. The van der Waals surface area contributed by atoms with Gasteiger partial charge in [-0.25, -0.2) is 4.98 Å². The van der Waals surface area contributed by atoms with Gasteiger partial charge in [0, 0.05) is 19.7 Å². The fourth-order valence-corrected chi connectivity index (χ4v) is 2.70. The van der Waals surface area contributed by atoms with Crippen molar-refractivity contribution in [3.63, 3.8) is 0 Å². The van der Waals surface area contributed by atoms with E-state index in [-0.39, 0.29) is 0 Å². The van der Waals surface area contributed by atoms with E-state index >= 15 is 0 Å². The Morgan fingerprint density at radius 3 is 2.89 bits per heavy atom. The van der Waals surface area contributed by atoms with Gasteiger partial charge in [-0.05, 0) is 40.8 Å². The number of nitrogens with zero attached hydrogens (tertiary/aromatic N) is 4. The molecule has 0 saturated carbocycles. The van der Waals surface area contributed by atoms with E-state index in [1.807, 2.05) is 22.6 Å². The van der Waals surface area contributed by atoms with E-state index in [0.29, 0.717) is 10.8 Å². The normalized spacial score (nSPS) is 11.1. The van der Waals surface area contributed by atoms with Crippen LogP contribution in [0.3, 0.4) is 0 Å². The first-order valence-electron chi connectivity index (χ1n) is 4.97. The maximum atomic E-state index is 5.83. The summed E-state index contributed by atoms with van der Waals surface area (Å²) in [6.45, 7) is 0. The predicted octanol–water partition coefficient (Wildman–Crippen LogP) is 3.81. The van der Waals surface area contributed by atoms with Gasteiger partial charge in [-0.15, -0.1) is 10.2 Å². The van der Waals surface area contributed by atoms with Crippen LogP contribution in [0.4, 0.5) is 0 Å². The molecule has 0 unspecified atom stereocenters. The Kier molecular flexibility index (Phi) is 3.25. The van der Waals surface area contributed by atoms with E-state index in [0.717, 1.165) is 19.4 Å². The summed E-state index contributed by atoms with van der Waals surface area (Å²) < 4.78 is 3.91. The lowest BCUT2D eigenvalue weighted by molar-refractivity contribution is 1.08. The summed E-state index contributed by atoms with van der Waals surface area (Å²) in [5.74, 6) is 0.750. The summed E-state index contributed by atoms with van der Waals surface area (Å²) in [6.07, 6.45) is 1.63. The highest BCUT2D eigenvalue weighted by atomic mass is 127. The van der Waals surface area contributed by atoms with E-state index in [1.54, 1.807) is 12.4 Å². The van der Waals surface area contributed by atoms with Crippen molar-refractivity contribution < 1.29 is 0 Å². The van der Waals surface area contributed by atoms with Gasteiger partial charge in [-0.2, -0.15) is 0 Å². The molecule has 2 heterocycles. The Labute approximate surface area is 130 Å². The third-order valence-electron chi connectivity index (χ3n) is 2.44. The molecule has 0 bridgehead atoms. The molecule has 0 fully saturated rings. The van der Waals surface area contributed by atoms with Gasteiger partial charge in [0.25, 0.3) is 0 Å². The highest BCUT2D eigenvalue weighted by Crippen LogP contribution is 2.27. The van der Waals surface area contributed by atoms with Gasteiger partial charge in [-0.3, -0.25) is 4.40 Å². The maximum Gasteiger partial charge on any atom is 0.170 e. The van der Waals surface area contributed by atoms with Gasteiger partial charge in [0.05, 0.1) is 0 Å². The highest BCUT2D eigenvalue weighted by Gasteiger charge is 2.12. The van der Waals surface area contributed by atoms with Crippen LogP contribution in [0.5, 0.6) is 0 Å². The Balaban J connectivity index is 2.28. The van der Waals surface area contributed by atoms with E-state index < -0.39 is 0 Å². The summed E-state index contributed by atoms with van der Waals surface area (Å²) in [6, 6.07) is 7.70. The Morgan fingerprint density at radius 1 is 1.22 bits per heavy atom. The minimum absolute atomic E-state index is 0.408. The molecule has 0 aliphatic heterocycles. The topological polar surface area (TPSA) is 43.1 Å². The molecule has 0 saturated heterocycles. The molecular formula is C11H5BrClIN4. The molecular weight excluding hydrogens is 430 g/mol. The number of hydrogen-bond acceptors (Lipinski definition) is 3. The number of fused-ring (bicyclic) bond motifs is 1. The molecule has 1 aromatic carbocycles. The summed E-state index contributed by atoms with van der Waals surface area (Å²) in [5.41, 5.74) is 1.68. The highest BCUT2D eigenvalue weighted by molar-refractivity contribution is 14.1. The molecule has 0 aliphatic rings. The van der Waals surface area contributed by atoms with Crippen LogP contribution in [0.15, 0.2) is 35.1 Å². The molecule has 90 valence electrons. The molecule has 3 rings (SSSR count). The van der Waals surface area contributed by atoms with Crippen molar-refractivity contribution in [1.82, 2.24) is 19.6 Å². The molecule has 0 aliphatic carbocycles.